The van der Waals surface area contributed by atoms with Crippen molar-refractivity contribution in [3.8, 4) is 0 Å². The molecule has 4 saturated heterocycles. The first kappa shape index (κ1) is 55.1. The number of nitrogens with one attached hydrogen (secondary N) is 2. The molecule has 4 heterocycles. The molecule has 12 nitrogen and oxygen atoms in total. The van der Waals surface area contributed by atoms with E-state index in [4.69, 9.17) is 0 Å². The molecule has 4 aliphatic rings. The van der Waals surface area contributed by atoms with Crippen LogP contribution in [0.3, 0.4) is 0 Å². The second kappa shape index (κ2) is 27.2. The average Bonchev–Trinajstić information content (AvgIpc) is 3.22. The summed E-state index contributed by atoms with van der Waals surface area (Å²) in [5.41, 5.74) is -0.0913. The summed E-state index contributed by atoms with van der Waals surface area (Å²) in [6.07, 6.45) is 9.27. The zero-order valence-corrected chi connectivity index (χ0v) is 42.0. The van der Waals surface area contributed by atoms with Crippen molar-refractivity contribution in [1.29, 1.82) is 0 Å². The Morgan fingerprint density at radius 1 is 0.517 bits per heavy atom. The number of hydrogen-bond acceptors (Lipinski definition) is 4. The van der Waals surface area contributed by atoms with Crippen molar-refractivity contribution in [2.24, 2.45) is 47.3 Å². The highest BCUT2D eigenvalue weighted by atomic mass is 16.2. The average molecular weight is 849 g/mol. The third-order valence-electron chi connectivity index (χ3n) is 14.0. The number of nitrogens with zero attached hydrogens (tertiary/aromatic N) is 6. The van der Waals surface area contributed by atoms with E-state index in [0.29, 0.717) is 0 Å². The zero-order valence-electron chi connectivity index (χ0n) is 42.0. The quantitative estimate of drug-likeness (QED) is 0.277. The van der Waals surface area contributed by atoms with Gasteiger partial charge in [0.25, 0.3) is 0 Å². The zero-order chi connectivity index (χ0) is 45.9. The van der Waals surface area contributed by atoms with Crippen molar-refractivity contribution in [3.05, 3.63) is 0 Å². The molecule has 0 aromatic rings. The molecule has 12 heteroatoms. The first-order chi connectivity index (χ1) is 28.0. The molecule has 4 fully saturated rings. The van der Waals surface area contributed by atoms with E-state index in [2.05, 4.69) is 101 Å². The van der Waals surface area contributed by atoms with E-state index in [0.717, 1.165) is 158 Å². The van der Waals surface area contributed by atoms with E-state index in [-0.39, 0.29) is 35.7 Å². The van der Waals surface area contributed by atoms with Gasteiger partial charge in [0.2, 0.25) is 0 Å². The first-order valence-electron chi connectivity index (χ1n) is 24.0. The van der Waals surface area contributed by atoms with Gasteiger partial charge < -0.3 is 40.0 Å². The smallest absolute Gasteiger partial charge is 0.320 e. The van der Waals surface area contributed by atoms with Crippen molar-refractivity contribution in [2.75, 3.05) is 80.0 Å². The van der Waals surface area contributed by atoms with E-state index >= 15 is 0 Å². The maximum absolute atomic E-state index is 12.3. The molecule has 0 aromatic carbocycles. The molecule has 0 unspecified atom stereocenters. The number of hydrogen-bond donors (Lipinski definition) is 2. The fourth-order valence-electron chi connectivity index (χ4n) is 8.42. The second-order valence-corrected chi connectivity index (χ2v) is 20.7. The van der Waals surface area contributed by atoms with Gasteiger partial charge in [-0.1, -0.05) is 55.4 Å². The van der Waals surface area contributed by atoms with Crippen LogP contribution in [-0.4, -0.2) is 145 Å². The number of carbonyl (C=O) groups is 4. The van der Waals surface area contributed by atoms with E-state index < -0.39 is 0 Å². The molecular weight excluding hydrogens is 753 g/mol. The van der Waals surface area contributed by atoms with Crippen molar-refractivity contribution in [3.63, 3.8) is 0 Å². The molecule has 60 heavy (non-hydrogen) atoms. The third-order valence-corrected chi connectivity index (χ3v) is 14.0. The fourth-order valence-corrected chi connectivity index (χ4v) is 8.42. The summed E-state index contributed by atoms with van der Waals surface area (Å²) in [7, 11) is 5.48. The predicted molar refractivity (Wildman–Crippen MR) is 251 cm³/mol. The summed E-state index contributed by atoms with van der Waals surface area (Å²) in [6.45, 7) is 38.6. The summed E-state index contributed by atoms with van der Waals surface area (Å²) in [4.78, 5) is 58.6. The maximum atomic E-state index is 12.3. The van der Waals surface area contributed by atoms with Crippen LogP contribution >= 0.6 is 0 Å². The minimum absolute atomic E-state index is 0.0715. The van der Waals surface area contributed by atoms with Gasteiger partial charge >= 0.3 is 24.1 Å². The molecule has 0 saturated carbocycles. The lowest BCUT2D eigenvalue weighted by Crippen LogP contribution is -2.51. The van der Waals surface area contributed by atoms with Gasteiger partial charge in [-0.25, -0.2) is 19.2 Å². The Balaban J connectivity index is 0.000000402. The minimum atomic E-state index is -0.0913. The Morgan fingerprint density at radius 3 is 1.05 bits per heavy atom. The molecule has 0 aliphatic carbocycles. The molecule has 0 aromatic heterocycles. The highest BCUT2D eigenvalue weighted by molar-refractivity contribution is 5.75. The van der Waals surface area contributed by atoms with Gasteiger partial charge in [-0.2, -0.15) is 0 Å². The summed E-state index contributed by atoms with van der Waals surface area (Å²) < 4.78 is 0. The second-order valence-electron chi connectivity index (χ2n) is 20.7. The lowest BCUT2D eigenvalue weighted by atomic mass is 9.87. The molecule has 8 amide bonds. The van der Waals surface area contributed by atoms with Gasteiger partial charge in [0.15, 0.2) is 0 Å². The molecule has 2 N–H and O–H groups in total. The number of rotatable bonds is 6. The highest BCUT2D eigenvalue weighted by Gasteiger charge is 2.31. The first-order valence-corrected chi connectivity index (χ1v) is 24.0. The van der Waals surface area contributed by atoms with E-state index in [1.807, 2.05) is 50.4 Å². The molecular formula is C48H96N8O4. The van der Waals surface area contributed by atoms with Crippen molar-refractivity contribution in [1.82, 2.24) is 40.0 Å². The Morgan fingerprint density at radius 2 is 0.800 bits per heavy atom. The SMILES string of the molecule is CC(C)C1CCN(C(=O)N(C)C(C)(C)C)CC1.CC(C)C1CCN(C(=O)N(C)C(C)C)CC1.CCNC(=O)N1CCC(C(C)C)CC1.CNC(=O)N1CCC(C(C)C)CC1. The number of likely N-dealkylation sites (tertiary alicyclic amines) is 4. The predicted octanol–water partition coefficient (Wildman–Crippen LogP) is 9.80. The molecule has 4 aliphatic heterocycles. The van der Waals surface area contributed by atoms with Gasteiger partial charge in [0.1, 0.15) is 0 Å². The van der Waals surface area contributed by atoms with E-state index in [1.165, 1.54) is 0 Å². The van der Waals surface area contributed by atoms with Crippen LogP contribution in [0.15, 0.2) is 0 Å². The summed E-state index contributed by atoms with van der Waals surface area (Å²) >= 11 is 0. The van der Waals surface area contributed by atoms with Gasteiger partial charge in [-0.05, 0) is 140 Å². The minimum Gasteiger partial charge on any atom is -0.341 e. The van der Waals surface area contributed by atoms with Crippen LogP contribution in [0.25, 0.3) is 0 Å². The van der Waals surface area contributed by atoms with Crippen LogP contribution < -0.4 is 10.6 Å². The number of carbonyl (C=O) groups excluding carboxylic acids is 4. The number of piperidine rings is 4. The lowest BCUT2D eigenvalue weighted by Gasteiger charge is -2.40. The Bertz CT molecular complexity index is 1220. The van der Waals surface area contributed by atoms with Crippen molar-refractivity contribution in [2.45, 2.75) is 160 Å². The fraction of sp³-hybridized carbons (Fsp3) is 0.917. The molecule has 0 atom stereocenters. The summed E-state index contributed by atoms with van der Waals surface area (Å²) in [5.74, 6) is 6.21. The Kier molecular flexibility index (Phi) is 25.0. The Hall–Kier alpha value is -2.92. The van der Waals surface area contributed by atoms with Crippen LogP contribution in [0.1, 0.15) is 148 Å². The van der Waals surface area contributed by atoms with Crippen LogP contribution in [0.2, 0.25) is 0 Å². The molecule has 4 rings (SSSR count). The van der Waals surface area contributed by atoms with Gasteiger partial charge in [-0.3, -0.25) is 0 Å². The number of amides is 8. The van der Waals surface area contributed by atoms with Crippen molar-refractivity contribution < 1.29 is 19.2 Å². The van der Waals surface area contributed by atoms with Gasteiger partial charge in [0, 0.05) is 91.6 Å². The normalized spacial score (nSPS) is 18.7. The van der Waals surface area contributed by atoms with Crippen LogP contribution in [-0.2, 0) is 0 Å². The van der Waals surface area contributed by atoms with E-state index in [9.17, 15) is 19.2 Å². The van der Waals surface area contributed by atoms with Crippen LogP contribution in [0.4, 0.5) is 19.2 Å². The van der Waals surface area contributed by atoms with Gasteiger partial charge in [-0.15, -0.1) is 0 Å². The molecule has 0 radical (unpaired) electrons. The largest absolute Gasteiger partial charge is 0.341 e. The standard InChI is InChI=1S/C14H28N2O.C13H26N2O.C11H22N2O.C10H20N2O/c1-11(2)12-7-9-16(10-8-12)13(17)15(6)14(3,4)5;1-10(2)12-6-8-15(9-7-12)13(16)14(5)11(3)4;1-4-12-11(14)13-7-5-10(6-8-13)9(2)3;1-8(2)9-4-6-12(7-5-9)10(13)11-3/h11-12H,7-10H2,1-6H3;10-12H,6-9H2,1-5H3;9-10H,4-8H2,1-3H3,(H,12,14);8-9H,4-7H2,1-3H3,(H,11,13). The lowest BCUT2D eigenvalue weighted by molar-refractivity contribution is 0.104. The summed E-state index contributed by atoms with van der Waals surface area (Å²) in [5, 5.41) is 5.51. The molecule has 0 spiro atoms. The van der Waals surface area contributed by atoms with E-state index in [1.54, 1.807) is 7.05 Å². The molecule has 0 bridgehead atoms. The maximum Gasteiger partial charge on any atom is 0.320 e. The van der Waals surface area contributed by atoms with Crippen molar-refractivity contribution >= 4 is 24.1 Å². The number of urea groups is 4. The highest BCUT2D eigenvalue weighted by Crippen LogP contribution is 2.28. The Labute approximate surface area is 369 Å². The van der Waals surface area contributed by atoms with Crippen LogP contribution in [0.5, 0.6) is 0 Å². The van der Waals surface area contributed by atoms with Gasteiger partial charge in [0.05, 0.1) is 0 Å². The van der Waals surface area contributed by atoms with Crippen LogP contribution in [0, 0.1) is 47.3 Å². The summed E-state index contributed by atoms with van der Waals surface area (Å²) in [6, 6.07) is 0.837. The molecule has 352 valence electrons. The monoisotopic (exact) mass is 849 g/mol. The third kappa shape index (κ3) is 19.0. The topological polar surface area (TPSA) is 112 Å².